The monoisotopic (exact) mass is 582 g/mol. The Morgan fingerprint density at radius 1 is 1.37 bits per heavy atom. The number of rotatable bonds is 12. The van der Waals surface area contributed by atoms with E-state index in [0.717, 1.165) is 32.9 Å². The summed E-state index contributed by atoms with van der Waals surface area (Å²) in [5.41, 5.74) is 5.48. The molecule has 2 amide bonds. The highest BCUT2D eigenvalue weighted by Crippen LogP contribution is 2.41. The number of aromatic nitrogens is 6. The number of thioether (sulfide) groups is 2. The minimum atomic E-state index is -1.32. The van der Waals surface area contributed by atoms with Crippen molar-refractivity contribution in [2.45, 2.75) is 23.1 Å². The molecular formula is C18H18N10O7S3. The summed E-state index contributed by atoms with van der Waals surface area (Å²) < 4.78 is 5.01. The standard InChI is InChI=1S/C18H18N10O7S3/c1-2-3-35-23-9(12-21-17(19)38-24-12)13(31)20-10-14(32)28-11(16(33)34)7(5-36-15(10)28)6-37-18-22-25-26-27(18)4-8(29)30/h2,10,15H,1,3-6H2,(H,20,31)(H,29,30)(H,33,34)(H2,19,21,24)/t10?,15-/m1/s1. The Morgan fingerprint density at radius 3 is 2.82 bits per heavy atom. The van der Waals surface area contributed by atoms with Crippen LogP contribution in [0.15, 0.2) is 34.2 Å². The summed E-state index contributed by atoms with van der Waals surface area (Å²) in [5, 5.41) is 35.5. The van der Waals surface area contributed by atoms with Crippen molar-refractivity contribution in [2.75, 3.05) is 23.8 Å². The van der Waals surface area contributed by atoms with Gasteiger partial charge in [0.15, 0.2) is 5.13 Å². The van der Waals surface area contributed by atoms with Gasteiger partial charge >= 0.3 is 11.9 Å². The number of β-lactam (4-membered cyclic amide) rings is 1. The number of carbonyl (C=O) groups is 4. The molecule has 2 aromatic heterocycles. The first-order chi connectivity index (χ1) is 18.2. The highest BCUT2D eigenvalue weighted by atomic mass is 32.2. The first kappa shape index (κ1) is 27.0. The van der Waals surface area contributed by atoms with Crippen LogP contribution in [0.1, 0.15) is 5.82 Å². The van der Waals surface area contributed by atoms with Crippen LogP contribution in [0.5, 0.6) is 0 Å². The largest absolute Gasteiger partial charge is 0.480 e. The van der Waals surface area contributed by atoms with E-state index in [2.05, 4.69) is 41.9 Å². The molecule has 38 heavy (non-hydrogen) atoms. The van der Waals surface area contributed by atoms with Crippen molar-refractivity contribution in [3.63, 3.8) is 0 Å². The second-order valence-electron chi connectivity index (χ2n) is 7.40. The summed E-state index contributed by atoms with van der Waals surface area (Å²) in [7, 11) is 0. The number of oxime groups is 1. The number of hydrogen-bond acceptors (Lipinski definition) is 15. The van der Waals surface area contributed by atoms with Crippen LogP contribution in [0, 0.1) is 0 Å². The number of nitrogens with one attached hydrogen (secondary N) is 1. The molecule has 4 rings (SSSR count). The van der Waals surface area contributed by atoms with Gasteiger partial charge in [-0.2, -0.15) is 9.36 Å². The zero-order chi connectivity index (χ0) is 27.4. The smallest absolute Gasteiger partial charge is 0.352 e. The fourth-order valence-corrected chi connectivity index (χ4v) is 6.15. The van der Waals surface area contributed by atoms with Gasteiger partial charge in [0.1, 0.15) is 30.3 Å². The predicted molar refractivity (Wildman–Crippen MR) is 133 cm³/mol. The molecule has 17 nitrogen and oxygen atoms in total. The van der Waals surface area contributed by atoms with Gasteiger partial charge in [-0.05, 0) is 16.0 Å². The first-order valence-electron chi connectivity index (χ1n) is 10.4. The number of anilines is 1. The van der Waals surface area contributed by atoms with Crippen molar-refractivity contribution in [1.29, 1.82) is 0 Å². The third kappa shape index (κ3) is 5.60. The quantitative estimate of drug-likeness (QED) is 0.0563. The third-order valence-corrected chi connectivity index (χ3v) is 7.84. The van der Waals surface area contributed by atoms with Gasteiger partial charge in [0.05, 0.1) is 0 Å². The number of hydrogen-bond donors (Lipinski definition) is 4. The number of amides is 2. The van der Waals surface area contributed by atoms with Crippen LogP contribution in [-0.4, -0.2) is 104 Å². The maximum Gasteiger partial charge on any atom is 0.352 e. The van der Waals surface area contributed by atoms with E-state index in [9.17, 15) is 24.3 Å². The second kappa shape index (κ2) is 11.6. The van der Waals surface area contributed by atoms with E-state index in [-0.39, 0.29) is 45.6 Å². The Labute approximate surface area is 225 Å². The van der Waals surface area contributed by atoms with Gasteiger partial charge in [0, 0.05) is 23.0 Å². The number of nitrogens with zero attached hydrogens (tertiary/aromatic N) is 8. The number of nitrogens with two attached hydrogens (primary N) is 1. The van der Waals surface area contributed by atoms with Crippen molar-refractivity contribution in [3.8, 4) is 0 Å². The van der Waals surface area contributed by atoms with Crippen molar-refractivity contribution < 1.29 is 34.2 Å². The summed E-state index contributed by atoms with van der Waals surface area (Å²) in [4.78, 5) is 59.0. The van der Waals surface area contributed by atoms with Gasteiger partial charge in [-0.3, -0.25) is 19.3 Å². The molecule has 20 heteroatoms. The van der Waals surface area contributed by atoms with Crippen molar-refractivity contribution in [1.82, 2.24) is 39.8 Å². The molecule has 200 valence electrons. The predicted octanol–water partition coefficient (Wildman–Crippen LogP) is -1.37. The van der Waals surface area contributed by atoms with E-state index in [1.807, 2.05) is 0 Å². The Bertz CT molecular complexity index is 1360. The van der Waals surface area contributed by atoms with E-state index >= 15 is 0 Å². The Balaban J connectivity index is 1.48. The molecule has 1 fully saturated rings. The van der Waals surface area contributed by atoms with Crippen LogP contribution in [-0.2, 0) is 30.6 Å². The van der Waals surface area contributed by atoms with Gasteiger partial charge in [-0.25, -0.2) is 9.48 Å². The molecule has 5 N–H and O–H groups in total. The Morgan fingerprint density at radius 2 is 2.16 bits per heavy atom. The third-order valence-electron chi connectivity index (χ3n) is 4.91. The number of carboxylic acid groups (broad SMARTS) is 2. The summed E-state index contributed by atoms with van der Waals surface area (Å²) >= 11 is 3.13. The molecule has 0 aromatic carbocycles. The molecule has 1 unspecified atom stereocenters. The number of carboxylic acids is 2. The summed E-state index contributed by atoms with van der Waals surface area (Å²) in [6.07, 6.45) is 1.41. The normalized spacial score (nSPS) is 19.0. The van der Waals surface area contributed by atoms with E-state index in [0.29, 0.717) is 5.57 Å². The molecule has 0 radical (unpaired) electrons. The molecule has 0 aliphatic carbocycles. The lowest BCUT2D eigenvalue weighted by Gasteiger charge is -2.49. The molecule has 0 bridgehead atoms. The molecule has 1 saturated heterocycles. The maximum atomic E-state index is 13.0. The number of aliphatic carboxylic acids is 2. The number of tetrazole rings is 1. The van der Waals surface area contributed by atoms with E-state index in [1.165, 1.54) is 17.8 Å². The molecule has 0 spiro atoms. The number of carbonyl (C=O) groups excluding carboxylic acids is 2. The average Bonchev–Trinajstić information content (AvgIpc) is 3.50. The van der Waals surface area contributed by atoms with Crippen molar-refractivity contribution >= 4 is 69.7 Å². The topological polar surface area (TPSA) is 241 Å². The SMILES string of the molecule is C=CCON=C(C(=O)NC1C(=O)N2C(C(=O)O)=C(CSc3nnnn3CC(=O)O)CS[C@H]12)c1nsc(N)n1. The first-order valence-corrected chi connectivity index (χ1v) is 13.2. The highest BCUT2D eigenvalue weighted by Gasteiger charge is 2.54. The van der Waals surface area contributed by atoms with Gasteiger partial charge < -0.3 is 26.1 Å². The van der Waals surface area contributed by atoms with Crippen LogP contribution >= 0.6 is 35.1 Å². The number of nitrogen functional groups attached to an aromatic ring is 1. The van der Waals surface area contributed by atoms with Gasteiger partial charge in [0.25, 0.3) is 11.8 Å². The molecule has 4 heterocycles. The summed E-state index contributed by atoms with van der Waals surface area (Å²) in [6, 6.07) is -1.04. The van der Waals surface area contributed by atoms with Gasteiger partial charge in [-0.1, -0.05) is 29.6 Å². The summed E-state index contributed by atoms with van der Waals surface area (Å²) in [5.74, 6) is -3.68. The van der Waals surface area contributed by atoms with Crippen LogP contribution in [0.2, 0.25) is 0 Å². The zero-order valence-electron chi connectivity index (χ0n) is 19.1. The Hall–Kier alpha value is -4.04. The fraction of sp³-hybridized carbons (Fsp3) is 0.333. The lowest BCUT2D eigenvalue weighted by atomic mass is 10.0. The van der Waals surface area contributed by atoms with Crippen LogP contribution in [0.25, 0.3) is 0 Å². The number of fused-ring (bicyclic) bond motifs is 1. The molecule has 2 aliphatic heterocycles. The molecule has 0 saturated carbocycles. The van der Waals surface area contributed by atoms with Crippen LogP contribution < -0.4 is 11.1 Å². The van der Waals surface area contributed by atoms with Crippen molar-refractivity contribution in [2.24, 2.45) is 5.16 Å². The van der Waals surface area contributed by atoms with Crippen LogP contribution in [0.4, 0.5) is 5.13 Å². The van der Waals surface area contributed by atoms with E-state index in [4.69, 9.17) is 15.7 Å². The van der Waals surface area contributed by atoms with E-state index < -0.39 is 41.7 Å². The van der Waals surface area contributed by atoms with Crippen molar-refractivity contribution in [3.05, 3.63) is 29.7 Å². The molecule has 2 aromatic rings. The van der Waals surface area contributed by atoms with E-state index in [1.54, 1.807) is 0 Å². The Kier molecular flexibility index (Phi) is 8.22. The zero-order valence-corrected chi connectivity index (χ0v) is 21.5. The maximum absolute atomic E-state index is 13.0. The highest BCUT2D eigenvalue weighted by molar-refractivity contribution is 8.01. The minimum absolute atomic E-state index is 0.00124. The van der Waals surface area contributed by atoms with Gasteiger partial charge in [-0.15, -0.1) is 16.9 Å². The molecule has 2 aliphatic rings. The fourth-order valence-electron chi connectivity index (χ4n) is 3.35. The molecular weight excluding hydrogens is 564 g/mol. The summed E-state index contributed by atoms with van der Waals surface area (Å²) in [6.45, 7) is 3.03. The minimum Gasteiger partial charge on any atom is -0.480 e. The lowest BCUT2D eigenvalue weighted by molar-refractivity contribution is -0.150. The van der Waals surface area contributed by atoms with Gasteiger partial charge in [0.2, 0.25) is 16.7 Å². The lowest BCUT2D eigenvalue weighted by Crippen LogP contribution is -2.71. The average molecular weight is 583 g/mol. The van der Waals surface area contributed by atoms with Crippen LogP contribution in [0.3, 0.4) is 0 Å². The molecule has 2 atom stereocenters. The second-order valence-corrected chi connectivity index (χ2v) is 10.2.